The Morgan fingerprint density at radius 2 is 1.53 bits per heavy atom. The van der Waals surface area contributed by atoms with Crippen molar-refractivity contribution < 1.29 is 23.9 Å². The Hall–Kier alpha value is -3.61. The Bertz CT molecular complexity index is 927. The number of amides is 2. The van der Waals surface area contributed by atoms with Crippen LogP contribution in [0.1, 0.15) is 43.6 Å². The van der Waals surface area contributed by atoms with Gasteiger partial charge in [-0.3, -0.25) is 10.1 Å². The van der Waals surface area contributed by atoms with E-state index in [9.17, 15) is 14.4 Å². The van der Waals surface area contributed by atoms with E-state index < -0.39 is 17.7 Å². The molecule has 0 aromatic heterocycles. The van der Waals surface area contributed by atoms with Gasteiger partial charge in [0.2, 0.25) is 0 Å². The number of ether oxygens (including phenoxy) is 2. The average molecular weight is 410 g/mol. The Kier molecular flexibility index (Phi) is 7.75. The molecule has 0 aliphatic rings. The van der Waals surface area contributed by atoms with E-state index in [-0.39, 0.29) is 12.5 Å². The van der Waals surface area contributed by atoms with Gasteiger partial charge in [-0.2, -0.15) is 0 Å². The fraction of sp³-hybridized carbons (Fsp3) is 0.261. The zero-order chi connectivity index (χ0) is 22.1. The maximum absolute atomic E-state index is 12.7. The highest BCUT2D eigenvalue weighted by Crippen LogP contribution is 2.18. The summed E-state index contributed by atoms with van der Waals surface area (Å²) in [5.41, 5.74) is 1.51. The molecule has 0 unspecified atom stereocenters. The Balaban J connectivity index is 2.05. The molecule has 0 aliphatic heterocycles. The van der Waals surface area contributed by atoms with Crippen LogP contribution in [0.25, 0.3) is 6.08 Å². The van der Waals surface area contributed by atoms with Crippen molar-refractivity contribution in [2.75, 3.05) is 17.2 Å². The number of nitrogens with one attached hydrogen (secondary N) is 2. The predicted molar refractivity (Wildman–Crippen MR) is 116 cm³/mol. The lowest BCUT2D eigenvalue weighted by molar-refractivity contribution is -0.137. The van der Waals surface area contributed by atoms with E-state index in [1.807, 2.05) is 0 Å². The number of hydrogen-bond donors (Lipinski definition) is 2. The second kappa shape index (κ2) is 10.2. The second-order valence-corrected chi connectivity index (χ2v) is 7.33. The third-order valence-electron chi connectivity index (χ3n) is 3.68. The van der Waals surface area contributed by atoms with Gasteiger partial charge in [-0.25, -0.2) is 9.59 Å². The standard InChI is InChI=1S/C23H26N2O5/c1-5-29-20(26)15-10-16-8-6-7-9-19(16)21(27)24-17-11-13-18(14-12-17)25-22(28)30-23(2,3)4/h6-15H,5H2,1-4H3,(H,24,27)(H,25,28)/b15-10+. The minimum absolute atomic E-state index is 0.282. The zero-order valence-electron chi connectivity index (χ0n) is 17.5. The summed E-state index contributed by atoms with van der Waals surface area (Å²) in [4.78, 5) is 36.0. The third kappa shape index (κ3) is 7.43. The molecule has 0 spiro atoms. The van der Waals surface area contributed by atoms with Crippen LogP contribution in [0.15, 0.2) is 54.6 Å². The molecule has 0 saturated heterocycles. The van der Waals surface area contributed by atoms with E-state index in [2.05, 4.69) is 10.6 Å². The monoisotopic (exact) mass is 410 g/mol. The molecule has 2 N–H and O–H groups in total. The summed E-state index contributed by atoms with van der Waals surface area (Å²) < 4.78 is 10.1. The summed E-state index contributed by atoms with van der Waals surface area (Å²) in [6.07, 6.45) is 2.27. The third-order valence-corrected chi connectivity index (χ3v) is 3.68. The van der Waals surface area contributed by atoms with Crippen LogP contribution in [0.5, 0.6) is 0 Å². The smallest absolute Gasteiger partial charge is 0.412 e. The van der Waals surface area contributed by atoms with Gasteiger partial charge < -0.3 is 14.8 Å². The zero-order valence-corrected chi connectivity index (χ0v) is 17.5. The largest absolute Gasteiger partial charge is 0.463 e. The van der Waals surface area contributed by atoms with Gasteiger partial charge in [-0.1, -0.05) is 18.2 Å². The Labute approximate surface area is 176 Å². The summed E-state index contributed by atoms with van der Waals surface area (Å²) in [5.74, 6) is -0.798. The van der Waals surface area contributed by atoms with Crippen LogP contribution in [0, 0.1) is 0 Å². The number of carbonyl (C=O) groups excluding carboxylic acids is 3. The van der Waals surface area contributed by atoms with Crippen LogP contribution < -0.4 is 10.6 Å². The predicted octanol–water partition coefficient (Wildman–Crippen LogP) is 4.86. The van der Waals surface area contributed by atoms with E-state index in [1.54, 1.807) is 82.3 Å². The summed E-state index contributed by atoms with van der Waals surface area (Å²) in [6, 6.07) is 13.6. The fourth-order valence-electron chi connectivity index (χ4n) is 2.45. The number of anilines is 2. The first-order chi connectivity index (χ1) is 14.2. The molecule has 0 fully saturated rings. The van der Waals surface area contributed by atoms with Gasteiger partial charge in [0.1, 0.15) is 5.60 Å². The fourth-order valence-corrected chi connectivity index (χ4v) is 2.45. The summed E-state index contributed by atoms with van der Waals surface area (Å²) in [5, 5.41) is 5.43. The molecule has 2 rings (SSSR count). The molecule has 2 aromatic carbocycles. The van der Waals surface area contributed by atoms with Crippen molar-refractivity contribution >= 4 is 35.4 Å². The number of carbonyl (C=O) groups is 3. The lowest BCUT2D eigenvalue weighted by atomic mass is 10.1. The first-order valence-electron chi connectivity index (χ1n) is 9.53. The number of rotatable bonds is 6. The molecule has 0 bridgehead atoms. The molecule has 0 atom stereocenters. The van der Waals surface area contributed by atoms with E-state index in [0.29, 0.717) is 22.5 Å². The first-order valence-corrected chi connectivity index (χ1v) is 9.53. The van der Waals surface area contributed by atoms with Crippen LogP contribution in [0.2, 0.25) is 0 Å². The van der Waals surface area contributed by atoms with Crippen molar-refractivity contribution in [2.45, 2.75) is 33.3 Å². The molecule has 7 nitrogen and oxygen atoms in total. The molecular weight excluding hydrogens is 384 g/mol. The summed E-state index contributed by atoms with van der Waals surface area (Å²) >= 11 is 0. The van der Waals surface area contributed by atoms with Crippen molar-refractivity contribution in [3.05, 3.63) is 65.7 Å². The van der Waals surface area contributed by atoms with Gasteiger partial charge in [0.05, 0.1) is 6.61 Å². The van der Waals surface area contributed by atoms with Gasteiger partial charge >= 0.3 is 12.1 Å². The van der Waals surface area contributed by atoms with E-state index in [1.165, 1.54) is 6.08 Å². The molecule has 7 heteroatoms. The number of benzene rings is 2. The number of hydrogen-bond acceptors (Lipinski definition) is 5. The molecule has 158 valence electrons. The lowest BCUT2D eigenvalue weighted by Crippen LogP contribution is -2.27. The van der Waals surface area contributed by atoms with Crippen molar-refractivity contribution in [3.63, 3.8) is 0 Å². The highest BCUT2D eigenvalue weighted by molar-refractivity contribution is 6.07. The topological polar surface area (TPSA) is 93.7 Å². The lowest BCUT2D eigenvalue weighted by Gasteiger charge is -2.19. The molecular formula is C23H26N2O5. The summed E-state index contributed by atoms with van der Waals surface area (Å²) in [6.45, 7) is 7.35. The van der Waals surface area contributed by atoms with Gasteiger partial charge in [-0.15, -0.1) is 0 Å². The molecule has 0 heterocycles. The van der Waals surface area contributed by atoms with Gasteiger partial charge in [-0.05, 0) is 69.7 Å². The summed E-state index contributed by atoms with van der Waals surface area (Å²) in [7, 11) is 0. The molecule has 2 amide bonds. The van der Waals surface area contributed by atoms with E-state index in [4.69, 9.17) is 9.47 Å². The minimum Gasteiger partial charge on any atom is -0.463 e. The number of esters is 1. The van der Waals surface area contributed by atoms with Crippen LogP contribution in [-0.2, 0) is 14.3 Å². The van der Waals surface area contributed by atoms with Crippen LogP contribution in [-0.4, -0.2) is 30.2 Å². The quantitative estimate of drug-likeness (QED) is 0.524. The van der Waals surface area contributed by atoms with Crippen LogP contribution in [0.4, 0.5) is 16.2 Å². The average Bonchev–Trinajstić information content (AvgIpc) is 2.67. The van der Waals surface area contributed by atoms with E-state index >= 15 is 0 Å². The van der Waals surface area contributed by atoms with Crippen molar-refractivity contribution in [3.8, 4) is 0 Å². The maximum Gasteiger partial charge on any atom is 0.412 e. The molecule has 0 aliphatic carbocycles. The van der Waals surface area contributed by atoms with Crippen molar-refractivity contribution in [2.24, 2.45) is 0 Å². The molecule has 2 aromatic rings. The molecule has 30 heavy (non-hydrogen) atoms. The van der Waals surface area contributed by atoms with Crippen molar-refractivity contribution in [1.82, 2.24) is 0 Å². The van der Waals surface area contributed by atoms with Gasteiger partial charge in [0.25, 0.3) is 5.91 Å². The van der Waals surface area contributed by atoms with Crippen LogP contribution in [0.3, 0.4) is 0 Å². The first kappa shape index (κ1) is 22.7. The normalized spacial score (nSPS) is 11.1. The Morgan fingerprint density at radius 3 is 2.13 bits per heavy atom. The maximum atomic E-state index is 12.7. The molecule has 0 saturated carbocycles. The van der Waals surface area contributed by atoms with Crippen LogP contribution >= 0.6 is 0 Å². The molecule has 0 radical (unpaired) electrons. The minimum atomic E-state index is -0.590. The van der Waals surface area contributed by atoms with Crippen molar-refractivity contribution in [1.29, 1.82) is 0 Å². The second-order valence-electron chi connectivity index (χ2n) is 7.33. The SMILES string of the molecule is CCOC(=O)/C=C/c1ccccc1C(=O)Nc1ccc(NC(=O)OC(C)(C)C)cc1. The van der Waals surface area contributed by atoms with Gasteiger partial charge in [0, 0.05) is 23.0 Å². The van der Waals surface area contributed by atoms with E-state index in [0.717, 1.165) is 0 Å². The Morgan fingerprint density at radius 1 is 0.933 bits per heavy atom. The van der Waals surface area contributed by atoms with Gasteiger partial charge in [0.15, 0.2) is 0 Å². The highest BCUT2D eigenvalue weighted by atomic mass is 16.6. The highest BCUT2D eigenvalue weighted by Gasteiger charge is 2.16.